The maximum absolute atomic E-state index is 12.3. The van der Waals surface area contributed by atoms with E-state index >= 15 is 0 Å². The molecule has 2 atom stereocenters. The first kappa shape index (κ1) is 14.1. The van der Waals surface area contributed by atoms with Gasteiger partial charge in [-0.15, -0.1) is 0 Å². The summed E-state index contributed by atoms with van der Waals surface area (Å²) in [4.78, 5) is 12.8. The largest absolute Gasteiger partial charge is 0.352 e. The molecule has 0 aliphatic heterocycles. The van der Waals surface area contributed by atoms with Crippen molar-refractivity contribution in [3.8, 4) is 0 Å². The molecule has 0 radical (unpaired) electrons. The van der Waals surface area contributed by atoms with Crippen molar-refractivity contribution in [3.05, 3.63) is 34.9 Å². The molecular formula is C17H22BrNO. The van der Waals surface area contributed by atoms with E-state index in [0.29, 0.717) is 10.7 Å². The van der Waals surface area contributed by atoms with Crippen LogP contribution < -0.4 is 5.32 Å². The van der Waals surface area contributed by atoms with E-state index in [9.17, 15) is 4.79 Å². The Morgan fingerprint density at radius 2 is 1.95 bits per heavy atom. The van der Waals surface area contributed by atoms with Crippen LogP contribution in [0.15, 0.2) is 18.2 Å². The molecule has 2 nitrogen and oxygen atoms in total. The van der Waals surface area contributed by atoms with Gasteiger partial charge in [0.05, 0.1) is 0 Å². The third kappa shape index (κ3) is 3.08. The van der Waals surface area contributed by atoms with Crippen LogP contribution in [-0.2, 0) is 12.8 Å². The minimum absolute atomic E-state index is 0.0879. The lowest BCUT2D eigenvalue weighted by Crippen LogP contribution is -2.34. The minimum atomic E-state index is 0.0879. The van der Waals surface area contributed by atoms with Gasteiger partial charge in [0.25, 0.3) is 5.91 Å². The van der Waals surface area contributed by atoms with E-state index in [1.54, 1.807) is 0 Å². The summed E-state index contributed by atoms with van der Waals surface area (Å²) < 4.78 is 0. The molecular weight excluding hydrogens is 314 g/mol. The van der Waals surface area contributed by atoms with Crippen LogP contribution in [0.25, 0.3) is 0 Å². The molecule has 1 fully saturated rings. The zero-order valence-electron chi connectivity index (χ0n) is 11.8. The number of aryl methyl sites for hydroxylation is 2. The number of halogens is 1. The van der Waals surface area contributed by atoms with E-state index < -0.39 is 0 Å². The molecule has 2 unspecified atom stereocenters. The van der Waals surface area contributed by atoms with E-state index in [-0.39, 0.29) is 5.91 Å². The van der Waals surface area contributed by atoms with Crippen molar-refractivity contribution in [2.24, 2.45) is 5.92 Å². The van der Waals surface area contributed by atoms with Crippen molar-refractivity contribution < 1.29 is 4.79 Å². The molecule has 0 saturated heterocycles. The molecule has 20 heavy (non-hydrogen) atoms. The third-order valence-electron chi connectivity index (χ3n) is 4.70. The van der Waals surface area contributed by atoms with Gasteiger partial charge in [0.2, 0.25) is 0 Å². The number of alkyl halides is 1. The molecule has 1 amide bonds. The monoisotopic (exact) mass is 335 g/mol. The van der Waals surface area contributed by atoms with Crippen LogP contribution >= 0.6 is 15.9 Å². The molecule has 1 aromatic rings. The predicted octanol–water partition coefficient (Wildman–Crippen LogP) is 3.86. The zero-order valence-corrected chi connectivity index (χ0v) is 13.4. The van der Waals surface area contributed by atoms with E-state index in [2.05, 4.69) is 33.4 Å². The van der Waals surface area contributed by atoms with Gasteiger partial charge in [0.1, 0.15) is 0 Å². The first-order chi connectivity index (χ1) is 9.74. The molecule has 3 heteroatoms. The molecule has 1 saturated carbocycles. The first-order valence-corrected chi connectivity index (χ1v) is 8.69. The highest BCUT2D eigenvalue weighted by Crippen LogP contribution is 2.29. The number of nitrogens with one attached hydrogen (secondary N) is 1. The second-order valence-electron chi connectivity index (χ2n) is 6.11. The van der Waals surface area contributed by atoms with Crippen molar-refractivity contribution in [2.45, 2.75) is 49.8 Å². The van der Waals surface area contributed by atoms with Crippen LogP contribution in [0.4, 0.5) is 0 Å². The van der Waals surface area contributed by atoms with Gasteiger partial charge in [0.15, 0.2) is 0 Å². The summed E-state index contributed by atoms with van der Waals surface area (Å²) in [5.41, 5.74) is 3.62. The Bertz CT molecular complexity index is 500. The number of amides is 1. The second kappa shape index (κ2) is 6.30. The Morgan fingerprint density at radius 1 is 1.15 bits per heavy atom. The summed E-state index contributed by atoms with van der Waals surface area (Å²) >= 11 is 3.75. The Kier molecular flexibility index (Phi) is 4.45. The summed E-state index contributed by atoms with van der Waals surface area (Å²) in [7, 11) is 0. The number of fused-ring (bicyclic) bond motifs is 1. The lowest BCUT2D eigenvalue weighted by atomic mass is 9.89. The van der Waals surface area contributed by atoms with Crippen LogP contribution in [0.1, 0.15) is 53.6 Å². The van der Waals surface area contributed by atoms with Crippen molar-refractivity contribution >= 4 is 21.8 Å². The van der Waals surface area contributed by atoms with Gasteiger partial charge in [-0.2, -0.15) is 0 Å². The van der Waals surface area contributed by atoms with E-state index in [4.69, 9.17) is 0 Å². The molecule has 1 N–H and O–H groups in total. The van der Waals surface area contributed by atoms with Crippen molar-refractivity contribution in [1.29, 1.82) is 0 Å². The van der Waals surface area contributed by atoms with E-state index in [0.717, 1.165) is 18.5 Å². The van der Waals surface area contributed by atoms with Gasteiger partial charge >= 0.3 is 0 Å². The molecule has 0 heterocycles. The number of benzene rings is 1. The smallest absolute Gasteiger partial charge is 0.251 e. The Balaban J connectivity index is 1.59. The van der Waals surface area contributed by atoms with Gasteiger partial charge in [-0.25, -0.2) is 0 Å². The average Bonchev–Trinajstić information content (AvgIpc) is 2.93. The third-order valence-corrected chi connectivity index (χ3v) is 5.91. The highest BCUT2D eigenvalue weighted by molar-refractivity contribution is 9.09. The van der Waals surface area contributed by atoms with Gasteiger partial charge in [0, 0.05) is 16.9 Å². The molecule has 2 aliphatic carbocycles. The Labute approximate surface area is 129 Å². The first-order valence-electron chi connectivity index (χ1n) is 7.78. The fourth-order valence-corrected chi connectivity index (χ4v) is 4.21. The number of carbonyl (C=O) groups excluding carboxylic acids is 1. The van der Waals surface area contributed by atoms with Crippen LogP contribution in [0.2, 0.25) is 0 Å². The summed E-state index contributed by atoms with van der Waals surface area (Å²) in [5, 5.41) is 3.12. The normalized spacial score (nSPS) is 25.2. The lowest BCUT2D eigenvalue weighted by molar-refractivity contribution is 0.0944. The van der Waals surface area contributed by atoms with E-state index in [1.165, 1.54) is 49.7 Å². The fraction of sp³-hybridized carbons (Fsp3) is 0.588. The number of hydrogen-bond donors (Lipinski definition) is 1. The highest BCUT2D eigenvalue weighted by Gasteiger charge is 2.23. The predicted molar refractivity (Wildman–Crippen MR) is 85.5 cm³/mol. The van der Waals surface area contributed by atoms with Crippen LogP contribution in [0.5, 0.6) is 0 Å². The van der Waals surface area contributed by atoms with Crippen LogP contribution in [0, 0.1) is 5.92 Å². The second-order valence-corrected chi connectivity index (χ2v) is 7.28. The SMILES string of the molecule is O=C(NCC1CCCCC1Br)c1ccc2c(c1)CCC2. The maximum Gasteiger partial charge on any atom is 0.251 e. The van der Waals surface area contributed by atoms with Crippen molar-refractivity contribution in [1.82, 2.24) is 5.32 Å². The zero-order chi connectivity index (χ0) is 13.9. The molecule has 2 aliphatic rings. The number of hydrogen-bond acceptors (Lipinski definition) is 1. The summed E-state index contributed by atoms with van der Waals surface area (Å²) in [6, 6.07) is 6.20. The quantitative estimate of drug-likeness (QED) is 0.835. The molecule has 0 spiro atoms. The number of rotatable bonds is 3. The topological polar surface area (TPSA) is 29.1 Å². The molecule has 3 rings (SSSR count). The Hall–Kier alpha value is -0.830. The fourth-order valence-electron chi connectivity index (χ4n) is 3.43. The summed E-state index contributed by atoms with van der Waals surface area (Å²) in [6.45, 7) is 0.797. The van der Waals surface area contributed by atoms with Gasteiger partial charge < -0.3 is 5.32 Å². The molecule has 1 aromatic carbocycles. The highest BCUT2D eigenvalue weighted by atomic mass is 79.9. The standard InChI is InChI=1S/C17H22BrNO/c18-16-7-2-1-4-15(16)11-19-17(20)14-9-8-12-5-3-6-13(12)10-14/h8-10,15-16H,1-7,11H2,(H,19,20). The maximum atomic E-state index is 12.3. The Morgan fingerprint density at radius 3 is 2.80 bits per heavy atom. The van der Waals surface area contributed by atoms with Gasteiger partial charge in [-0.05, 0) is 61.3 Å². The van der Waals surface area contributed by atoms with E-state index in [1.807, 2.05) is 6.07 Å². The van der Waals surface area contributed by atoms with Crippen molar-refractivity contribution in [3.63, 3.8) is 0 Å². The van der Waals surface area contributed by atoms with Gasteiger partial charge in [-0.3, -0.25) is 4.79 Å². The molecule has 0 aromatic heterocycles. The van der Waals surface area contributed by atoms with Crippen LogP contribution in [-0.4, -0.2) is 17.3 Å². The summed E-state index contributed by atoms with van der Waals surface area (Å²) in [5.74, 6) is 0.673. The average molecular weight is 336 g/mol. The summed E-state index contributed by atoms with van der Waals surface area (Å²) in [6.07, 6.45) is 8.59. The van der Waals surface area contributed by atoms with Gasteiger partial charge in [-0.1, -0.05) is 34.8 Å². The minimum Gasteiger partial charge on any atom is -0.352 e. The molecule has 0 bridgehead atoms. The van der Waals surface area contributed by atoms with Crippen LogP contribution in [0.3, 0.4) is 0 Å². The molecule has 108 valence electrons. The number of carbonyl (C=O) groups is 1. The lowest BCUT2D eigenvalue weighted by Gasteiger charge is -2.27. The van der Waals surface area contributed by atoms with Crippen molar-refractivity contribution in [2.75, 3.05) is 6.54 Å².